The molecule has 0 saturated carbocycles. The van der Waals surface area contributed by atoms with Gasteiger partial charge < -0.3 is 19.8 Å². The maximum Gasteiger partial charge on any atom is 0.0678 e. The highest BCUT2D eigenvalue weighted by atomic mass is 16.4. The number of rotatable bonds is 6. The molecule has 0 rings (SSSR count). The number of terminal acetylenes is 2. The number of hydrogen-bond donors (Lipinski definition) is 0. The van der Waals surface area contributed by atoms with E-state index >= 15 is 0 Å². The fraction of sp³-hybridized carbons (Fsp3) is 0.333. The quantitative estimate of drug-likeness (QED) is 0.406. The Hall–Kier alpha value is -2.20. The van der Waals surface area contributed by atoms with Gasteiger partial charge in [-0.15, -0.1) is 24.7 Å². The van der Waals surface area contributed by atoms with E-state index in [4.69, 9.17) is 12.8 Å². The highest BCUT2D eigenvalue weighted by Gasteiger charge is 2.08. The topological polar surface area (TPSA) is 80.3 Å². The van der Waals surface area contributed by atoms with Gasteiger partial charge >= 0.3 is 0 Å². The normalized spacial score (nSPS) is 10.9. The summed E-state index contributed by atoms with van der Waals surface area (Å²) in [5.41, 5.74) is -0.679. The summed E-state index contributed by atoms with van der Waals surface area (Å²) in [4.78, 5) is 21.5. The molecule has 0 saturated heterocycles. The van der Waals surface area contributed by atoms with Crippen molar-refractivity contribution in [3.05, 3.63) is 11.1 Å². The minimum Gasteiger partial charge on any atom is -0.545 e. The Morgan fingerprint density at radius 2 is 1.19 bits per heavy atom. The number of aliphatic carboxylic acids is 2. The molecule has 0 radical (unpaired) electrons. The van der Waals surface area contributed by atoms with Crippen molar-refractivity contribution in [2.45, 2.75) is 25.7 Å². The van der Waals surface area contributed by atoms with Gasteiger partial charge in [-0.1, -0.05) is 0 Å². The van der Waals surface area contributed by atoms with Crippen LogP contribution in [0.15, 0.2) is 11.1 Å². The third-order valence-corrected chi connectivity index (χ3v) is 1.90. The first-order valence-corrected chi connectivity index (χ1v) is 4.56. The molecule has 0 fully saturated rings. The van der Waals surface area contributed by atoms with Crippen LogP contribution in [-0.2, 0) is 9.59 Å². The standard InChI is InChI=1S/C12H12O4/c1-3-5-7-9(11(13)14)10(12(15)16)8-6-4-2/h1-2H,5-8H2,(H,13,14)(H,15,16)/p-2/b10-9-. The summed E-state index contributed by atoms with van der Waals surface area (Å²) < 4.78 is 0. The van der Waals surface area contributed by atoms with Crippen molar-refractivity contribution in [2.75, 3.05) is 0 Å². The van der Waals surface area contributed by atoms with Crippen LogP contribution in [0.1, 0.15) is 25.7 Å². The minimum absolute atomic E-state index is 0.0628. The van der Waals surface area contributed by atoms with E-state index in [0.29, 0.717) is 0 Å². The smallest absolute Gasteiger partial charge is 0.0678 e. The summed E-state index contributed by atoms with van der Waals surface area (Å²) in [6, 6.07) is 0. The highest BCUT2D eigenvalue weighted by Crippen LogP contribution is 2.15. The van der Waals surface area contributed by atoms with Crippen LogP contribution in [0.2, 0.25) is 0 Å². The summed E-state index contributed by atoms with van der Waals surface area (Å²) >= 11 is 0. The third kappa shape index (κ3) is 4.34. The lowest BCUT2D eigenvalue weighted by atomic mass is 9.99. The molecule has 4 heteroatoms. The van der Waals surface area contributed by atoms with E-state index in [1.165, 1.54) is 0 Å². The second-order valence-corrected chi connectivity index (χ2v) is 2.94. The first kappa shape index (κ1) is 13.8. The minimum atomic E-state index is -1.55. The van der Waals surface area contributed by atoms with Crippen molar-refractivity contribution in [1.82, 2.24) is 0 Å². The monoisotopic (exact) mass is 218 g/mol. The molecule has 4 nitrogen and oxygen atoms in total. The molecule has 0 amide bonds. The Morgan fingerprint density at radius 3 is 1.38 bits per heavy atom. The zero-order valence-corrected chi connectivity index (χ0v) is 8.62. The summed E-state index contributed by atoms with van der Waals surface area (Å²) in [6.07, 6.45) is 10.1. The molecule has 0 spiro atoms. The van der Waals surface area contributed by atoms with E-state index in [1.54, 1.807) is 0 Å². The lowest BCUT2D eigenvalue weighted by molar-refractivity contribution is -0.304. The van der Waals surface area contributed by atoms with Crippen LogP contribution in [0.4, 0.5) is 0 Å². The van der Waals surface area contributed by atoms with Crippen LogP contribution >= 0.6 is 0 Å². The molecule has 16 heavy (non-hydrogen) atoms. The molecular formula is C12H10O4-2. The first-order chi connectivity index (χ1) is 7.54. The predicted molar refractivity (Wildman–Crippen MR) is 53.2 cm³/mol. The van der Waals surface area contributed by atoms with Crippen LogP contribution < -0.4 is 10.2 Å². The molecule has 0 aromatic rings. The molecule has 84 valence electrons. The molecule has 0 unspecified atom stereocenters. The Kier molecular flexibility index (Phi) is 6.16. The van der Waals surface area contributed by atoms with Crippen molar-refractivity contribution < 1.29 is 19.8 Å². The van der Waals surface area contributed by atoms with Crippen molar-refractivity contribution in [1.29, 1.82) is 0 Å². The number of hydrogen-bond acceptors (Lipinski definition) is 4. The SMILES string of the molecule is C#CCC/C(C(=O)[O-])=C(\CCC#C)C(=O)[O-]. The molecule has 0 bridgehead atoms. The molecule has 0 aliphatic heterocycles. The van der Waals surface area contributed by atoms with Crippen LogP contribution in [0.25, 0.3) is 0 Å². The maximum atomic E-state index is 10.7. The summed E-state index contributed by atoms with van der Waals surface area (Å²) in [7, 11) is 0. The Labute approximate surface area is 94.0 Å². The molecule has 0 aromatic heterocycles. The summed E-state index contributed by atoms with van der Waals surface area (Å²) in [5, 5.41) is 21.5. The van der Waals surface area contributed by atoms with Gasteiger partial charge in [-0.2, -0.15) is 0 Å². The van der Waals surface area contributed by atoms with E-state index in [0.717, 1.165) is 0 Å². The summed E-state index contributed by atoms with van der Waals surface area (Å²) in [6.45, 7) is 0. The number of carboxylic acid groups (broad SMARTS) is 2. The first-order valence-electron chi connectivity index (χ1n) is 4.56. The predicted octanol–water partition coefficient (Wildman–Crippen LogP) is -1.39. The number of carbonyl (C=O) groups excluding carboxylic acids is 2. The maximum absolute atomic E-state index is 10.7. The number of carboxylic acids is 2. The fourth-order valence-electron chi connectivity index (χ4n) is 1.15. The van der Waals surface area contributed by atoms with E-state index in [-0.39, 0.29) is 36.8 Å². The van der Waals surface area contributed by atoms with Gasteiger partial charge in [-0.25, -0.2) is 0 Å². The lowest BCUT2D eigenvalue weighted by Crippen LogP contribution is -2.32. The zero-order valence-electron chi connectivity index (χ0n) is 8.62. The van der Waals surface area contributed by atoms with Crippen LogP contribution in [-0.4, -0.2) is 11.9 Å². The molecular weight excluding hydrogens is 208 g/mol. The van der Waals surface area contributed by atoms with Crippen molar-refractivity contribution in [3.63, 3.8) is 0 Å². The van der Waals surface area contributed by atoms with Crippen LogP contribution in [0, 0.1) is 24.7 Å². The van der Waals surface area contributed by atoms with E-state index < -0.39 is 11.9 Å². The third-order valence-electron chi connectivity index (χ3n) is 1.90. The second-order valence-electron chi connectivity index (χ2n) is 2.94. The Bertz CT molecular complexity index is 352. The molecule has 0 aliphatic rings. The molecule has 0 atom stereocenters. The highest BCUT2D eigenvalue weighted by molar-refractivity contribution is 5.97. The molecule has 0 aliphatic carbocycles. The molecule has 0 heterocycles. The molecule has 0 aromatic carbocycles. The van der Waals surface area contributed by atoms with Crippen LogP contribution in [0.3, 0.4) is 0 Å². The zero-order chi connectivity index (χ0) is 12.6. The van der Waals surface area contributed by atoms with E-state index in [1.807, 2.05) is 0 Å². The van der Waals surface area contributed by atoms with Crippen molar-refractivity contribution >= 4 is 11.9 Å². The van der Waals surface area contributed by atoms with Gasteiger partial charge in [0.15, 0.2) is 0 Å². The van der Waals surface area contributed by atoms with Gasteiger partial charge in [0.1, 0.15) is 0 Å². The average Bonchev–Trinajstić information content (AvgIpc) is 2.21. The number of carbonyl (C=O) groups is 2. The molecule has 0 N–H and O–H groups in total. The fourth-order valence-corrected chi connectivity index (χ4v) is 1.15. The van der Waals surface area contributed by atoms with Gasteiger partial charge in [0.25, 0.3) is 0 Å². The van der Waals surface area contributed by atoms with E-state index in [9.17, 15) is 19.8 Å². The lowest BCUT2D eigenvalue weighted by Gasteiger charge is -2.15. The van der Waals surface area contributed by atoms with Gasteiger partial charge in [0.2, 0.25) is 0 Å². The van der Waals surface area contributed by atoms with Gasteiger partial charge in [-0.05, 0) is 24.0 Å². The van der Waals surface area contributed by atoms with Gasteiger partial charge in [0.05, 0.1) is 11.9 Å². The van der Waals surface area contributed by atoms with Crippen LogP contribution in [0.5, 0.6) is 0 Å². The largest absolute Gasteiger partial charge is 0.545 e. The second kappa shape index (κ2) is 7.14. The average molecular weight is 218 g/mol. The van der Waals surface area contributed by atoms with E-state index in [2.05, 4.69) is 11.8 Å². The van der Waals surface area contributed by atoms with Crippen molar-refractivity contribution in [3.8, 4) is 24.7 Å². The Morgan fingerprint density at radius 1 is 0.875 bits per heavy atom. The Balaban J connectivity index is 5.12. The van der Waals surface area contributed by atoms with Gasteiger partial charge in [0, 0.05) is 12.8 Å². The van der Waals surface area contributed by atoms with Crippen molar-refractivity contribution in [2.24, 2.45) is 0 Å². The van der Waals surface area contributed by atoms with Gasteiger partial charge in [-0.3, -0.25) is 0 Å². The summed E-state index contributed by atoms with van der Waals surface area (Å²) in [5.74, 6) is 1.35.